The lowest BCUT2D eigenvalue weighted by atomic mass is 9.88. The van der Waals surface area contributed by atoms with Crippen LogP contribution in [0.1, 0.15) is 0 Å². The van der Waals surface area contributed by atoms with Gasteiger partial charge in [-0.3, -0.25) is 0 Å². The molecular weight excluding hydrogens is 499 g/mol. The van der Waals surface area contributed by atoms with Crippen molar-refractivity contribution >= 4 is 43.1 Å². The molecule has 0 nitrogen and oxygen atoms in total. The number of rotatable bonds is 3. The lowest BCUT2D eigenvalue weighted by Crippen LogP contribution is -1.89. The summed E-state index contributed by atoms with van der Waals surface area (Å²) in [4.78, 5) is 0. The molecule has 0 radical (unpaired) electrons. The van der Waals surface area contributed by atoms with Crippen molar-refractivity contribution in [3.63, 3.8) is 0 Å². The van der Waals surface area contributed by atoms with Gasteiger partial charge in [-0.05, 0) is 101 Å². The van der Waals surface area contributed by atoms with Gasteiger partial charge in [-0.2, -0.15) is 0 Å². The Kier molecular flexibility index (Phi) is 5.43. The van der Waals surface area contributed by atoms with Gasteiger partial charge in [0.15, 0.2) is 0 Å². The molecule has 1 heteroatoms. The van der Waals surface area contributed by atoms with E-state index in [1.165, 1.54) is 55.1 Å². The van der Waals surface area contributed by atoms with Gasteiger partial charge >= 0.3 is 0 Å². The molecule has 0 heterocycles. The Morgan fingerprint density at radius 1 is 0.293 bits per heavy atom. The summed E-state index contributed by atoms with van der Waals surface area (Å²) in [6, 6.07) is 52.7. The van der Waals surface area contributed by atoms with E-state index in [1.54, 1.807) is 6.07 Å². The first-order valence-electron chi connectivity index (χ1n) is 14.0. The Morgan fingerprint density at radius 2 is 0.829 bits per heavy atom. The smallest absolute Gasteiger partial charge is 0.131 e. The fourth-order valence-electron chi connectivity index (χ4n) is 6.38. The second-order valence-corrected chi connectivity index (χ2v) is 10.7. The molecule has 0 aliphatic heterocycles. The summed E-state index contributed by atoms with van der Waals surface area (Å²) in [6.45, 7) is 0. The molecule has 0 atom stereocenters. The van der Waals surface area contributed by atoms with Gasteiger partial charge in [0.2, 0.25) is 0 Å². The van der Waals surface area contributed by atoms with Gasteiger partial charge in [0, 0.05) is 5.39 Å². The number of halogens is 1. The van der Waals surface area contributed by atoms with Crippen LogP contribution in [0.3, 0.4) is 0 Å². The molecule has 0 fully saturated rings. The highest BCUT2D eigenvalue weighted by Gasteiger charge is 2.14. The van der Waals surface area contributed by atoms with Crippen molar-refractivity contribution in [1.29, 1.82) is 0 Å². The largest absolute Gasteiger partial charge is 0.206 e. The lowest BCUT2D eigenvalue weighted by molar-refractivity contribution is 0.640. The fraction of sp³-hybridized carbons (Fsp3) is 0. The molecule has 0 spiro atoms. The third-order valence-corrected chi connectivity index (χ3v) is 8.29. The van der Waals surface area contributed by atoms with Gasteiger partial charge in [-0.15, -0.1) is 0 Å². The molecule has 0 bridgehead atoms. The van der Waals surface area contributed by atoms with Gasteiger partial charge in [-0.25, -0.2) is 4.39 Å². The molecular formula is C40H25F. The van der Waals surface area contributed by atoms with Crippen LogP contribution in [0.15, 0.2) is 152 Å². The van der Waals surface area contributed by atoms with Crippen LogP contribution in [-0.2, 0) is 0 Å². The van der Waals surface area contributed by atoms with E-state index in [0.29, 0.717) is 5.39 Å². The molecule has 0 saturated heterocycles. The number of benzene rings is 8. The van der Waals surface area contributed by atoms with Crippen molar-refractivity contribution in [2.75, 3.05) is 0 Å². The summed E-state index contributed by atoms with van der Waals surface area (Å²) in [6.07, 6.45) is 0. The predicted molar refractivity (Wildman–Crippen MR) is 173 cm³/mol. The second kappa shape index (κ2) is 9.43. The highest BCUT2D eigenvalue weighted by atomic mass is 19.1. The minimum Gasteiger partial charge on any atom is -0.206 e. The molecule has 0 amide bonds. The Morgan fingerprint density at radius 3 is 1.66 bits per heavy atom. The molecule has 8 aromatic carbocycles. The van der Waals surface area contributed by atoms with E-state index < -0.39 is 0 Å². The minimum atomic E-state index is -0.193. The third-order valence-electron chi connectivity index (χ3n) is 8.29. The van der Waals surface area contributed by atoms with Gasteiger partial charge in [-0.1, -0.05) is 121 Å². The van der Waals surface area contributed by atoms with E-state index in [-0.39, 0.29) is 5.82 Å². The number of fused-ring (bicyclic) bond motifs is 5. The summed E-state index contributed by atoms with van der Waals surface area (Å²) in [7, 11) is 0. The lowest BCUT2D eigenvalue weighted by Gasteiger charge is -2.15. The quantitative estimate of drug-likeness (QED) is 0.202. The second-order valence-electron chi connectivity index (χ2n) is 10.7. The van der Waals surface area contributed by atoms with Gasteiger partial charge in [0.1, 0.15) is 5.82 Å². The predicted octanol–water partition coefficient (Wildman–Crippen LogP) is 11.4. The van der Waals surface area contributed by atoms with Crippen molar-refractivity contribution in [3.8, 4) is 33.4 Å². The van der Waals surface area contributed by atoms with Crippen molar-refractivity contribution < 1.29 is 4.39 Å². The molecule has 0 N–H and O–H groups in total. The van der Waals surface area contributed by atoms with Crippen LogP contribution >= 0.6 is 0 Å². The molecule has 0 saturated carbocycles. The zero-order chi connectivity index (χ0) is 27.3. The zero-order valence-electron chi connectivity index (χ0n) is 22.3. The maximum atomic E-state index is 14.6. The first kappa shape index (κ1) is 23.6. The maximum absolute atomic E-state index is 14.6. The monoisotopic (exact) mass is 524 g/mol. The number of hydrogen-bond acceptors (Lipinski definition) is 0. The first-order chi connectivity index (χ1) is 20.2. The summed E-state index contributed by atoms with van der Waals surface area (Å²) in [5.41, 5.74) is 6.85. The molecule has 8 aromatic rings. The normalized spacial score (nSPS) is 11.5. The van der Waals surface area contributed by atoms with Crippen molar-refractivity contribution in [2.45, 2.75) is 0 Å². The molecule has 41 heavy (non-hydrogen) atoms. The minimum absolute atomic E-state index is 0.193. The third kappa shape index (κ3) is 3.90. The molecule has 0 unspecified atom stereocenters. The van der Waals surface area contributed by atoms with Gasteiger partial charge in [0.05, 0.1) is 0 Å². The van der Waals surface area contributed by atoms with E-state index in [1.807, 2.05) is 18.2 Å². The van der Waals surface area contributed by atoms with Crippen LogP contribution < -0.4 is 0 Å². The van der Waals surface area contributed by atoms with Crippen LogP contribution in [0.4, 0.5) is 4.39 Å². The van der Waals surface area contributed by atoms with E-state index >= 15 is 0 Å². The average Bonchev–Trinajstić information content (AvgIpc) is 3.04. The summed E-state index contributed by atoms with van der Waals surface area (Å²) in [5.74, 6) is -0.193. The average molecular weight is 525 g/mol. The van der Waals surface area contributed by atoms with E-state index in [2.05, 4.69) is 121 Å². The zero-order valence-corrected chi connectivity index (χ0v) is 22.3. The van der Waals surface area contributed by atoms with Crippen molar-refractivity contribution in [3.05, 3.63) is 157 Å². The van der Waals surface area contributed by atoms with Gasteiger partial charge in [0.25, 0.3) is 0 Å². The summed E-state index contributed by atoms with van der Waals surface area (Å²) >= 11 is 0. The highest BCUT2D eigenvalue weighted by molar-refractivity contribution is 6.15. The van der Waals surface area contributed by atoms with Crippen LogP contribution in [0.25, 0.3) is 76.5 Å². The van der Waals surface area contributed by atoms with Crippen molar-refractivity contribution in [2.24, 2.45) is 0 Å². The Balaban J connectivity index is 1.38. The topological polar surface area (TPSA) is 0 Å². The molecule has 0 aliphatic carbocycles. The summed E-state index contributed by atoms with van der Waals surface area (Å²) in [5, 5.41) is 9.00. The maximum Gasteiger partial charge on any atom is 0.131 e. The highest BCUT2D eigenvalue weighted by Crippen LogP contribution is 2.40. The molecule has 0 aliphatic rings. The van der Waals surface area contributed by atoms with Crippen LogP contribution in [0.5, 0.6) is 0 Å². The fourth-order valence-corrected chi connectivity index (χ4v) is 6.38. The van der Waals surface area contributed by atoms with Gasteiger partial charge < -0.3 is 0 Å². The Labute approximate surface area is 237 Å². The first-order valence-corrected chi connectivity index (χ1v) is 14.0. The molecule has 192 valence electrons. The van der Waals surface area contributed by atoms with Crippen LogP contribution in [0, 0.1) is 5.82 Å². The number of hydrogen-bond donors (Lipinski definition) is 0. The molecule has 8 rings (SSSR count). The molecule has 0 aromatic heterocycles. The summed E-state index contributed by atoms with van der Waals surface area (Å²) < 4.78 is 14.6. The van der Waals surface area contributed by atoms with Crippen LogP contribution in [0.2, 0.25) is 0 Å². The van der Waals surface area contributed by atoms with E-state index in [4.69, 9.17) is 0 Å². The standard InChI is InChI=1S/C40H25F/c41-40-21-9-19-35-32(18-8-20-37(35)40)27-12-7-13-28(22-27)38-25-30(23-26-10-1-4-15-33(26)38)39-24-29-11-2-3-14-31(29)34-16-5-6-17-36(34)39/h1-25H. The van der Waals surface area contributed by atoms with Crippen molar-refractivity contribution in [1.82, 2.24) is 0 Å². The van der Waals surface area contributed by atoms with Crippen LogP contribution in [-0.4, -0.2) is 0 Å². The SMILES string of the molecule is Fc1cccc2c(-c3cccc(-c4cc(-c5cc6ccccc6c6ccccc56)cc5ccccc45)c3)cccc12. The van der Waals surface area contributed by atoms with E-state index in [0.717, 1.165) is 22.1 Å². The Bertz CT molecular complexity index is 2270. The van der Waals surface area contributed by atoms with E-state index in [9.17, 15) is 4.39 Å². The Hall–Kier alpha value is -5.27.